The van der Waals surface area contributed by atoms with E-state index in [1.165, 1.54) is 12.8 Å². The van der Waals surface area contributed by atoms with Gasteiger partial charge < -0.3 is 15.7 Å². The highest BCUT2D eigenvalue weighted by molar-refractivity contribution is 5.82. The van der Waals surface area contributed by atoms with E-state index in [1.807, 2.05) is 6.92 Å². The molecule has 5 nitrogen and oxygen atoms in total. The molecule has 0 aromatic heterocycles. The first-order valence-corrected chi connectivity index (χ1v) is 6.28. The van der Waals surface area contributed by atoms with Crippen LogP contribution in [0.3, 0.4) is 0 Å². The van der Waals surface area contributed by atoms with Crippen molar-refractivity contribution in [3.63, 3.8) is 0 Å². The summed E-state index contributed by atoms with van der Waals surface area (Å²) in [6.07, 6.45) is 9.69. The Kier molecular flexibility index (Phi) is 5.50. The lowest BCUT2D eigenvalue weighted by atomic mass is 10.0. The molecule has 18 heavy (non-hydrogen) atoms. The SMILES string of the molecule is C#CCC(NC(=O)NC(C)C1CCCC1)C(=O)O. The fourth-order valence-corrected chi connectivity index (χ4v) is 2.30. The van der Waals surface area contributed by atoms with Gasteiger partial charge in [-0.25, -0.2) is 9.59 Å². The number of carbonyl (C=O) groups excluding carboxylic acids is 1. The van der Waals surface area contributed by atoms with E-state index in [0.29, 0.717) is 5.92 Å². The van der Waals surface area contributed by atoms with E-state index in [1.54, 1.807) is 0 Å². The summed E-state index contributed by atoms with van der Waals surface area (Å²) in [5, 5.41) is 14.0. The van der Waals surface area contributed by atoms with E-state index in [-0.39, 0.29) is 12.5 Å². The number of carboxylic acids is 1. The minimum atomic E-state index is -1.11. The van der Waals surface area contributed by atoms with E-state index < -0.39 is 18.0 Å². The Hall–Kier alpha value is -1.70. The Labute approximate surface area is 107 Å². The second-order valence-electron chi connectivity index (χ2n) is 4.75. The molecule has 0 aromatic rings. The van der Waals surface area contributed by atoms with Gasteiger partial charge in [-0.1, -0.05) is 12.8 Å². The Morgan fingerprint density at radius 3 is 2.50 bits per heavy atom. The number of aliphatic carboxylic acids is 1. The second-order valence-corrected chi connectivity index (χ2v) is 4.75. The van der Waals surface area contributed by atoms with Crippen LogP contribution in [0.2, 0.25) is 0 Å². The molecule has 0 bridgehead atoms. The molecule has 1 rings (SSSR count). The predicted octanol–water partition coefficient (Wildman–Crippen LogP) is 1.34. The quantitative estimate of drug-likeness (QED) is 0.646. The predicted molar refractivity (Wildman–Crippen MR) is 68.0 cm³/mol. The molecule has 0 radical (unpaired) electrons. The average Bonchev–Trinajstić information content (AvgIpc) is 2.81. The highest BCUT2D eigenvalue weighted by Crippen LogP contribution is 2.27. The first-order chi connectivity index (χ1) is 8.54. The van der Waals surface area contributed by atoms with Crippen molar-refractivity contribution in [1.82, 2.24) is 10.6 Å². The normalized spacial score (nSPS) is 18.7. The van der Waals surface area contributed by atoms with Gasteiger partial charge in [0.1, 0.15) is 6.04 Å². The molecule has 2 atom stereocenters. The van der Waals surface area contributed by atoms with E-state index in [2.05, 4.69) is 16.6 Å². The first kappa shape index (κ1) is 14.4. The van der Waals surface area contributed by atoms with Crippen LogP contribution < -0.4 is 10.6 Å². The zero-order chi connectivity index (χ0) is 13.5. The zero-order valence-electron chi connectivity index (χ0n) is 10.6. The molecule has 0 heterocycles. The number of amides is 2. The summed E-state index contributed by atoms with van der Waals surface area (Å²) < 4.78 is 0. The molecule has 5 heteroatoms. The number of terminal acetylenes is 1. The zero-order valence-corrected chi connectivity index (χ0v) is 10.6. The Bertz CT molecular complexity index is 343. The molecular weight excluding hydrogens is 232 g/mol. The maximum absolute atomic E-state index is 11.6. The number of urea groups is 1. The summed E-state index contributed by atoms with van der Waals surface area (Å²) in [5.41, 5.74) is 0. The van der Waals surface area contributed by atoms with Gasteiger partial charge in [-0.15, -0.1) is 12.3 Å². The molecule has 1 aliphatic carbocycles. The lowest BCUT2D eigenvalue weighted by molar-refractivity contribution is -0.139. The van der Waals surface area contributed by atoms with Gasteiger partial charge >= 0.3 is 12.0 Å². The van der Waals surface area contributed by atoms with Gasteiger partial charge in [0.2, 0.25) is 0 Å². The maximum Gasteiger partial charge on any atom is 0.327 e. The van der Waals surface area contributed by atoms with Crippen molar-refractivity contribution >= 4 is 12.0 Å². The largest absolute Gasteiger partial charge is 0.480 e. The minimum Gasteiger partial charge on any atom is -0.480 e. The molecule has 0 aromatic carbocycles. The third-order valence-corrected chi connectivity index (χ3v) is 3.39. The second kappa shape index (κ2) is 6.90. The summed E-state index contributed by atoms with van der Waals surface area (Å²) in [5.74, 6) is 1.62. The van der Waals surface area contributed by atoms with E-state index >= 15 is 0 Å². The van der Waals surface area contributed by atoms with Crippen molar-refractivity contribution in [3.8, 4) is 12.3 Å². The highest BCUT2D eigenvalue weighted by Gasteiger charge is 2.24. The molecule has 0 spiro atoms. The minimum absolute atomic E-state index is 0.0133. The van der Waals surface area contributed by atoms with Crippen molar-refractivity contribution in [2.24, 2.45) is 5.92 Å². The molecule has 3 N–H and O–H groups in total. The van der Waals surface area contributed by atoms with Crippen LogP contribution in [0.15, 0.2) is 0 Å². The molecule has 2 unspecified atom stereocenters. The summed E-state index contributed by atoms with van der Waals surface area (Å²) >= 11 is 0. The number of rotatable bonds is 5. The first-order valence-electron chi connectivity index (χ1n) is 6.28. The molecule has 1 saturated carbocycles. The van der Waals surface area contributed by atoms with Crippen LogP contribution in [0.4, 0.5) is 4.79 Å². The van der Waals surface area contributed by atoms with E-state index in [4.69, 9.17) is 11.5 Å². The smallest absolute Gasteiger partial charge is 0.327 e. The number of nitrogens with one attached hydrogen (secondary N) is 2. The van der Waals surface area contributed by atoms with Crippen LogP contribution in [-0.2, 0) is 4.79 Å². The molecule has 0 aliphatic heterocycles. The third kappa shape index (κ3) is 4.28. The van der Waals surface area contributed by atoms with Crippen molar-refractivity contribution in [3.05, 3.63) is 0 Å². The highest BCUT2D eigenvalue weighted by atomic mass is 16.4. The monoisotopic (exact) mass is 252 g/mol. The fraction of sp³-hybridized carbons (Fsp3) is 0.692. The lowest BCUT2D eigenvalue weighted by Crippen LogP contribution is -2.49. The third-order valence-electron chi connectivity index (χ3n) is 3.39. The van der Waals surface area contributed by atoms with Gasteiger partial charge in [-0.3, -0.25) is 0 Å². The van der Waals surface area contributed by atoms with Crippen molar-refractivity contribution in [2.75, 3.05) is 0 Å². The molecule has 1 aliphatic rings. The van der Waals surface area contributed by atoms with Crippen molar-refractivity contribution in [2.45, 2.75) is 51.1 Å². The van der Waals surface area contributed by atoms with Gasteiger partial charge in [0.25, 0.3) is 0 Å². The van der Waals surface area contributed by atoms with Gasteiger partial charge in [0, 0.05) is 12.5 Å². The lowest BCUT2D eigenvalue weighted by Gasteiger charge is -2.21. The number of hydrogen-bond donors (Lipinski definition) is 3. The van der Waals surface area contributed by atoms with Crippen molar-refractivity contribution in [1.29, 1.82) is 0 Å². The molecular formula is C13H20N2O3. The molecule has 1 fully saturated rings. The summed E-state index contributed by atoms with van der Waals surface area (Å²) in [4.78, 5) is 22.5. The molecule has 2 amide bonds. The van der Waals surface area contributed by atoms with Gasteiger partial charge in [0.05, 0.1) is 0 Å². The number of carbonyl (C=O) groups is 2. The van der Waals surface area contributed by atoms with Crippen LogP contribution in [-0.4, -0.2) is 29.2 Å². The van der Waals surface area contributed by atoms with E-state index in [0.717, 1.165) is 12.8 Å². The fourth-order valence-electron chi connectivity index (χ4n) is 2.30. The van der Waals surface area contributed by atoms with Crippen molar-refractivity contribution < 1.29 is 14.7 Å². The average molecular weight is 252 g/mol. The number of hydrogen-bond acceptors (Lipinski definition) is 2. The summed E-state index contributed by atoms with van der Waals surface area (Å²) in [6.45, 7) is 1.95. The van der Waals surface area contributed by atoms with Crippen LogP contribution in [0.5, 0.6) is 0 Å². The Morgan fingerprint density at radius 1 is 1.39 bits per heavy atom. The van der Waals surface area contributed by atoms with Crippen LogP contribution in [0.25, 0.3) is 0 Å². The summed E-state index contributed by atoms with van der Waals surface area (Å²) in [7, 11) is 0. The molecule has 100 valence electrons. The summed E-state index contributed by atoms with van der Waals surface area (Å²) in [6, 6.07) is -1.42. The Morgan fingerprint density at radius 2 is 2.00 bits per heavy atom. The standard InChI is InChI=1S/C13H20N2O3/c1-3-6-11(12(16)17)15-13(18)14-9(2)10-7-4-5-8-10/h1,9-11H,4-8H2,2H3,(H,16,17)(H2,14,15,18). The van der Waals surface area contributed by atoms with Gasteiger partial charge in [-0.2, -0.15) is 0 Å². The Balaban J connectivity index is 2.39. The number of carboxylic acid groups (broad SMARTS) is 1. The topological polar surface area (TPSA) is 78.4 Å². The van der Waals surface area contributed by atoms with Gasteiger partial charge in [-0.05, 0) is 25.7 Å². The van der Waals surface area contributed by atoms with E-state index in [9.17, 15) is 9.59 Å². The maximum atomic E-state index is 11.6. The molecule has 0 saturated heterocycles. The van der Waals surface area contributed by atoms with Crippen LogP contribution >= 0.6 is 0 Å². The van der Waals surface area contributed by atoms with Gasteiger partial charge in [0.15, 0.2) is 0 Å². The van der Waals surface area contributed by atoms with Crippen LogP contribution in [0, 0.1) is 18.3 Å². The van der Waals surface area contributed by atoms with Crippen LogP contribution in [0.1, 0.15) is 39.0 Å².